The van der Waals surface area contributed by atoms with Crippen molar-refractivity contribution in [2.75, 3.05) is 0 Å². The molecule has 0 aliphatic heterocycles. The molecule has 0 radical (unpaired) electrons. The van der Waals surface area contributed by atoms with E-state index in [-0.39, 0.29) is 24.3 Å². The van der Waals surface area contributed by atoms with Crippen LogP contribution in [0, 0.1) is 5.82 Å². The average Bonchev–Trinajstić information content (AvgIpc) is 2.53. The molecular weight excluding hydrogens is 323 g/mol. The fourth-order valence-electron chi connectivity index (χ4n) is 2.13. The fraction of sp³-hybridized carbons (Fsp3) is 0.235. The summed E-state index contributed by atoms with van der Waals surface area (Å²) >= 11 is 0. The van der Waals surface area contributed by atoms with E-state index in [0.717, 1.165) is 6.07 Å². The lowest BCUT2D eigenvalue weighted by Crippen LogP contribution is -2.25. The Balaban J connectivity index is 1.92. The highest BCUT2D eigenvalue weighted by Crippen LogP contribution is 2.21. The summed E-state index contributed by atoms with van der Waals surface area (Å²) in [6.07, 6.45) is -1.44. The van der Waals surface area contributed by atoms with Crippen LogP contribution in [0.25, 0.3) is 0 Å². The summed E-state index contributed by atoms with van der Waals surface area (Å²) in [5, 5.41) is 12.4. The molecule has 1 amide bonds. The van der Waals surface area contributed by atoms with E-state index < -0.39 is 24.4 Å². The number of ether oxygens (including phenoxy) is 1. The lowest BCUT2D eigenvalue weighted by molar-refractivity contribution is -0.123. The number of alkyl halides is 2. The van der Waals surface area contributed by atoms with Gasteiger partial charge in [0.1, 0.15) is 11.6 Å². The number of halogens is 3. The van der Waals surface area contributed by atoms with Crippen molar-refractivity contribution in [2.45, 2.75) is 25.7 Å². The zero-order valence-corrected chi connectivity index (χ0v) is 12.6. The summed E-state index contributed by atoms with van der Waals surface area (Å²) in [4.78, 5) is 11.9. The average molecular weight is 339 g/mol. The standard InChI is InChI=1S/C17H16F3NO3/c18-13-6-3-5-11(8-13)14(22)9-16(23)21-10-12-4-1-2-7-15(12)24-17(19)20/h1-8,14,17,22H,9-10H2,(H,21,23). The van der Waals surface area contributed by atoms with E-state index in [9.17, 15) is 23.1 Å². The quantitative estimate of drug-likeness (QED) is 0.815. The van der Waals surface area contributed by atoms with Crippen LogP contribution in [0.4, 0.5) is 13.2 Å². The van der Waals surface area contributed by atoms with Crippen molar-refractivity contribution in [3.05, 3.63) is 65.5 Å². The number of nitrogens with one attached hydrogen (secondary N) is 1. The zero-order chi connectivity index (χ0) is 17.5. The van der Waals surface area contributed by atoms with Gasteiger partial charge in [-0.25, -0.2) is 4.39 Å². The molecule has 4 nitrogen and oxygen atoms in total. The van der Waals surface area contributed by atoms with Crippen LogP contribution >= 0.6 is 0 Å². The van der Waals surface area contributed by atoms with E-state index in [1.165, 1.54) is 30.3 Å². The van der Waals surface area contributed by atoms with Gasteiger partial charge in [-0.2, -0.15) is 8.78 Å². The minimum Gasteiger partial charge on any atom is -0.434 e. The first-order valence-corrected chi connectivity index (χ1v) is 7.18. The molecule has 0 aliphatic carbocycles. The van der Waals surface area contributed by atoms with E-state index in [1.807, 2.05) is 0 Å². The van der Waals surface area contributed by atoms with Crippen LogP contribution < -0.4 is 10.1 Å². The summed E-state index contributed by atoms with van der Waals surface area (Å²) < 4.78 is 42.1. The third-order valence-corrected chi connectivity index (χ3v) is 3.28. The van der Waals surface area contributed by atoms with Crippen molar-refractivity contribution in [2.24, 2.45) is 0 Å². The van der Waals surface area contributed by atoms with Crippen LogP contribution in [0.3, 0.4) is 0 Å². The second-order valence-electron chi connectivity index (χ2n) is 5.04. The summed E-state index contributed by atoms with van der Waals surface area (Å²) in [6, 6.07) is 11.4. The maximum absolute atomic E-state index is 13.1. The Hall–Kier alpha value is -2.54. The topological polar surface area (TPSA) is 58.6 Å². The summed E-state index contributed by atoms with van der Waals surface area (Å²) in [5.74, 6) is -1.04. The van der Waals surface area contributed by atoms with Gasteiger partial charge in [0.25, 0.3) is 0 Å². The fourth-order valence-corrected chi connectivity index (χ4v) is 2.13. The molecule has 0 saturated heterocycles. The van der Waals surface area contributed by atoms with Gasteiger partial charge in [0, 0.05) is 12.1 Å². The van der Waals surface area contributed by atoms with E-state index in [4.69, 9.17) is 0 Å². The number of aliphatic hydroxyl groups is 1. The number of carbonyl (C=O) groups is 1. The first-order valence-electron chi connectivity index (χ1n) is 7.18. The normalized spacial score (nSPS) is 12.0. The molecule has 0 fully saturated rings. The molecule has 0 aromatic heterocycles. The summed E-state index contributed by atoms with van der Waals surface area (Å²) in [6.45, 7) is -2.99. The number of hydrogen-bond acceptors (Lipinski definition) is 3. The van der Waals surface area contributed by atoms with Gasteiger partial charge < -0.3 is 15.2 Å². The summed E-state index contributed by atoms with van der Waals surface area (Å²) in [7, 11) is 0. The van der Waals surface area contributed by atoms with E-state index in [1.54, 1.807) is 12.1 Å². The van der Waals surface area contributed by atoms with Gasteiger partial charge in [0.2, 0.25) is 5.91 Å². The molecule has 7 heteroatoms. The van der Waals surface area contributed by atoms with Crippen molar-refractivity contribution in [3.8, 4) is 5.75 Å². The lowest BCUT2D eigenvalue weighted by Gasteiger charge is -2.13. The van der Waals surface area contributed by atoms with Crippen LogP contribution in [0.15, 0.2) is 48.5 Å². The number of aliphatic hydroxyl groups excluding tert-OH is 1. The molecule has 2 N–H and O–H groups in total. The SMILES string of the molecule is O=C(CC(O)c1cccc(F)c1)NCc1ccccc1OC(F)F. The molecule has 0 spiro atoms. The molecule has 0 bridgehead atoms. The van der Waals surface area contributed by atoms with E-state index in [0.29, 0.717) is 5.56 Å². The Morgan fingerprint density at radius 3 is 2.62 bits per heavy atom. The van der Waals surface area contributed by atoms with Gasteiger partial charge in [-0.1, -0.05) is 30.3 Å². The molecule has 1 atom stereocenters. The number of para-hydroxylation sites is 1. The van der Waals surface area contributed by atoms with E-state index >= 15 is 0 Å². The second kappa shape index (κ2) is 8.35. The van der Waals surface area contributed by atoms with Gasteiger partial charge in [-0.15, -0.1) is 0 Å². The maximum Gasteiger partial charge on any atom is 0.387 e. The number of amides is 1. The molecule has 0 heterocycles. The molecule has 2 rings (SSSR count). The van der Waals surface area contributed by atoms with Crippen molar-refractivity contribution in [3.63, 3.8) is 0 Å². The van der Waals surface area contributed by atoms with Gasteiger partial charge in [0.15, 0.2) is 0 Å². The molecule has 24 heavy (non-hydrogen) atoms. The Kier molecular flexibility index (Phi) is 6.20. The predicted octanol–water partition coefficient (Wildman–Crippen LogP) is 3.17. The van der Waals surface area contributed by atoms with Crippen molar-refractivity contribution in [1.29, 1.82) is 0 Å². The Bertz CT molecular complexity index is 694. The monoisotopic (exact) mass is 339 g/mol. The van der Waals surface area contributed by atoms with E-state index in [2.05, 4.69) is 10.1 Å². The van der Waals surface area contributed by atoms with Crippen molar-refractivity contribution >= 4 is 5.91 Å². The minimum absolute atomic E-state index is 0.0292. The second-order valence-corrected chi connectivity index (χ2v) is 5.04. The van der Waals surface area contributed by atoms with Gasteiger partial charge in [-0.05, 0) is 23.8 Å². The highest BCUT2D eigenvalue weighted by atomic mass is 19.3. The maximum atomic E-state index is 13.1. The van der Waals surface area contributed by atoms with Gasteiger partial charge in [-0.3, -0.25) is 4.79 Å². The third kappa shape index (κ3) is 5.27. The molecular formula is C17H16F3NO3. The molecule has 1 unspecified atom stereocenters. The smallest absolute Gasteiger partial charge is 0.387 e. The zero-order valence-electron chi connectivity index (χ0n) is 12.6. The van der Waals surface area contributed by atoms with Gasteiger partial charge >= 0.3 is 6.61 Å². The summed E-state index contributed by atoms with van der Waals surface area (Å²) in [5.41, 5.74) is 0.665. The van der Waals surface area contributed by atoms with Crippen molar-refractivity contribution < 1.29 is 27.8 Å². The van der Waals surface area contributed by atoms with Gasteiger partial charge in [0.05, 0.1) is 12.5 Å². The number of hydrogen-bond donors (Lipinski definition) is 2. The van der Waals surface area contributed by atoms with Crippen LogP contribution in [0.1, 0.15) is 23.7 Å². The van der Waals surface area contributed by atoms with Crippen LogP contribution in [0.5, 0.6) is 5.75 Å². The molecule has 0 saturated carbocycles. The first-order chi connectivity index (χ1) is 11.5. The minimum atomic E-state index is -2.96. The number of rotatable bonds is 7. The molecule has 128 valence electrons. The third-order valence-electron chi connectivity index (χ3n) is 3.28. The van der Waals surface area contributed by atoms with Crippen LogP contribution in [-0.4, -0.2) is 17.6 Å². The predicted molar refractivity (Wildman–Crippen MR) is 80.9 cm³/mol. The highest BCUT2D eigenvalue weighted by molar-refractivity contribution is 5.76. The Morgan fingerprint density at radius 1 is 1.17 bits per heavy atom. The Labute approximate surface area is 136 Å². The largest absolute Gasteiger partial charge is 0.434 e. The lowest BCUT2D eigenvalue weighted by atomic mass is 10.1. The Morgan fingerprint density at radius 2 is 1.92 bits per heavy atom. The molecule has 0 aliphatic rings. The van der Waals surface area contributed by atoms with Crippen LogP contribution in [-0.2, 0) is 11.3 Å². The van der Waals surface area contributed by atoms with Crippen molar-refractivity contribution in [1.82, 2.24) is 5.32 Å². The molecule has 2 aromatic rings. The van der Waals surface area contributed by atoms with Crippen LogP contribution in [0.2, 0.25) is 0 Å². The number of benzene rings is 2. The highest BCUT2D eigenvalue weighted by Gasteiger charge is 2.15. The number of carbonyl (C=O) groups excluding carboxylic acids is 1. The first kappa shape index (κ1) is 17.8. The molecule has 2 aromatic carbocycles.